The zero-order valence-electron chi connectivity index (χ0n) is 16.2. The number of nitrogens with zero attached hydrogens (tertiary/aromatic N) is 4. The molecular formula is C21H17N5O3S2. The molecule has 0 unspecified atom stereocenters. The lowest BCUT2D eigenvalue weighted by Crippen LogP contribution is -2.32. The number of fused-ring (bicyclic) bond motifs is 3. The van der Waals surface area contributed by atoms with E-state index >= 15 is 0 Å². The fraction of sp³-hybridized carbons (Fsp3) is 0.143. The Hall–Kier alpha value is -3.50. The van der Waals surface area contributed by atoms with Crippen molar-refractivity contribution in [2.24, 2.45) is 0 Å². The molecule has 0 radical (unpaired) electrons. The predicted molar refractivity (Wildman–Crippen MR) is 121 cm³/mol. The van der Waals surface area contributed by atoms with Crippen LogP contribution in [-0.4, -0.2) is 24.7 Å². The summed E-state index contributed by atoms with van der Waals surface area (Å²) in [4.78, 5) is 39.6. The van der Waals surface area contributed by atoms with Crippen LogP contribution < -0.4 is 16.6 Å². The first kappa shape index (κ1) is 19.5. The second-order valence-electron chi connectivity index (χ2n) is 6.94. The van der Waals surface area contributed by atoms with Gasteiger partial charge < -0.3 is 5.32 Å². The van der Waals surface area contributed by atoms with Crippen molar-refractivity contribution in [1.82, 2.24) is 24.1 Å². The Morgan fingerprint density at radius 1 is 1.00 bits per heavy atom. The predicted octanol–water partition coefficient (Wildman–Crippen LogP) is 2.30. The van der Waals surface area contributed by atoms with Crippen LogP contribution in [0.1, 0.15) is 10.4 Å². The lowest BCUT2D eigenvalue weighted by atomic mass is 10.2. The van der Waals surface area contributed by atoms with Crippen LogP contribution in [0.3, 0.4) is 0 Å². The summed E-state index contributed by atoms with van der Waals surface area (Å²) in [5.41, 5.74) is 0.820. The van der Waals surface area contributed by atoms with Crippen molar-refractivity contribution in [3.05, 3.63) is 90.6 Å². The quantitative estimate of drug-likeness (QED) is 0.429. The smallest absolute Gasteiger partial charge is 0.350 e. The summed E-state index contributed by atoms with van der Waals surface area (Å²) < 4.78 is 4.49. The molecule has 8 nitrogen and oxygen atoms in total. The minimum absolute atomic E-state index is 0.198. The molecule has 31 heavy (non-hydrogen) atoms. The summed E-state index contributed by atoms with van der Waals surface area (Å²) in [6, 6.07) is 15.1. The Morgan fingerprint density at radius 3 is 2.61 bits per heavy atom. The fourth-order valence-corrected chi connectivity index (χ4v) is 4.94. The van der Waals surface area contributed by atoms with Crippen molar-refractivity contribution in [1.29, 1.82) is 0 Å². The van der Waals surface area contributed by atoms with E-state index in [1.165, 1.54) is 31.6 Å². The molecule has 0 aliphatic heterocycles. The largest absolute Gasteiger partial charge is 0.352 e. The van der Waals surface area contributed by atoms with Crippen LogP contribution in [0.2, 0.25) is 0 Å². The normalized spacial score (nSPS) is 11.4. The lowest BCUT2D eigenvalue weighted by molar-refractivity contribution is -0.122. The van der Waals surface area contributed by atoms with Crippen molar-refractivity contribution in [2.75, 3.05) is 0 Å². The average Bonchev–Trinajstić information content (AvgIpc) is 3.52. The topological polar surface area (TPSA) is 90.4 Å². The molecule has 0 saturated heterocycles. The van der Waals surface area contributed by atoms with Gasteiger partial charge in [-0.3, -0.25) is 14.2 Å². The Bertz CT molecular complexity index is 1490. The summed E-state index contributed by atoms with van der Waals surface area (Å²) in [5, 5.41) is 10.9. The van der Waals surface area contributed by atoms with Crippen LogP contribution in [0.5, 0.6) is 0 Å². The number of amides is 1. The van der Waals surface area contributed by atoms with Gasteiger partial charge in [0, 0.05) is 11.4 Å². The van der Waals surface area contributed by atoms with E-state index in [1.54, 1.807) is 11.4 Å². The third kappa shape index (κ3) is 3.60. The average molecular weight is 452 g/mol. The highest BCUT2D eigenvalue weighted by Gasteiger charge is 2.19. The second kappa shape index (κ2) is 7.97. The number of rotatable bonds is 6. The van der Waals surface area contributed by atoms with Crippen LogP contribution in [0.15, 0.2) is 68.9 Å². The molecule has 0 bridgehead atoms. The highest BCUT2D eigenvalue weighted by Crippen LogP contribution is 2.18. The van der Waals surface area contributed by atoms with Crippen molar-refractivity contribution in [2.45, 2.75) is 19.6 Å². The van der Waals surface area contributed by atoms with Gasteiger partial charge in [0.15, 0.2) is 0 Å². The first-order valence-corrected chi connectivity index (χ1v) is 11.3. The van der Waals surface area contributed by atoms with E-state index in [1.807, 2.05) is 47.8 Å². The number of aromatic nitrogens is 4. The molecule has 1 aromatic carbocycles. The molecule has 0 aliphatic rings. The molecule has 1 N–H and O–H groups in total. The van der Waals surface area contributed by atoms with Crippen molar-refractivity contribution in [3.63, 3.8) is 0 Å². The second-order valence-corrected chi connectivity index (χ2v) is 8.89. The van der Waals surface area contributed by atoms with Gasteiger partial charge in [-0.15, -0.1) is 27.8 Å². The molecule has 156 valence electrons. The summed E-state index contributed by atoms with van der Waals surface area (Å²) >= 11 is 2.81. The number of hydrogen-bond acceptors (Lipinski definition) is 6. The molecular weight excluding hydrogens is 434 g/mol. The van der Waals surface area contributed by atoms with Gasteiger partial charge in [0.2, 0.25) is 11.7 Å². The SMILES string of the molecule is O=C(Cn1nc2n(Cc3cccs3)c(=O)c3sccc3n2c1=O)NCc1ccccc1. The zero-order chi connectivity index (χ0) is 21.4. The fourth-order valence-electron chi connectivity index (χ4n) is 3.43. The van der Waals surface area contributed by atoms with E-state index in [9.17, 15) is 14.4 Å². The van der Waals surface area contributed by atoms with Gasteiger partial charge in [0.05, 0.1) is 12.1 Å². The minimum Gasteiger partial charge on any atom is -0.350 e. The van der Waals surface area contributed by atoms with Gasteiger partial charge >= 0.3 is 5.69 Å². The highest BCUT2D eigenvalue weighted by atomic mass is 32.1. The van der Waals surface area contributed by atoms with E-state index in [-0.39, 0.29) is 23.8 Å². The zero-order valence-corrected chi connectivity index (χ0v) is 17.9. The van der Waals surface area contributed by atoms with Gasteiger partial charge in [-0.05, 0) is 28.5 Å². The first-order chi connectivity index (χ1) is 15.1. The molecule has 0 spiro atoms. The summed E-state index contributed by atoms with van der Waals surface area (Å²) in [6.45, 7) is 0.441. The van der Waals surface area contributed by atoms with Crippen LogP contribution in [0.4, 0.5) is 0 Å². The van der Waals surface area contributed by atoms with Gasteiger partial charge in [0.25, 0.3) is 5.56 Å². The van der Waals surface area contributed by atoms with Crippen LogP contribution in [0.25, 0.3) is 16.0 Å². The molecule has 0 aliphatic carbocycles. The maximum atomic E-state index is 13.1. The number of nitrogens with one attached hydrogen (secondary N) is 1. The molecule has 5 rings (SSSR count). The van der Waals surface area contributed by atoms with Gasteiger partial charge in [-0.25, -0.2) is 13.9 Å². The summed E-state index contributed by atoms with van der Waals surface area (Å²) in [7, 11) is 0. The van der Waals surface area contributed by atoms with Crippen LogP contribution >= 0.6 is 22.7 Å². The maximum Gasteiger partial charge on any atom is 0.352 e. The number of carbonyl (C=O) groups excluding carboxylic acids is 1. The molecule has 4 heterocycles. The van der Waals surface area contributed by atoms with Crippen molar-refractivity contribution in [3.8, 4) is 0 Å². The Morgan fingerprint density at radius 2 is 1.84 bits per heavy atom. The monoisotopic (exact) mass is 451 g/mol. The molecule has 0 saturated carbocycles. The molecule has 0 fully saturated rings. The third-order valence-electron chi connectivity index (χ3n) is 4.91. The standard InChI is InChI=1S/C21H17N5O3S2/c27-17(22-11-14-5-2-1-3-6-14)13-25-21(29)26-16-8-10-31-18(16)19(28)24(20(26)23-25)12-15-7-4-9-30-15/h1-10H,11-13H2,(H,22,27). The van der Waals surface area contributed by atoms with Gasteiger partial charge in [-0.1, -0.05) is 36.4 Å². The Kier molecular flexibility index (Phi) is 5.00. The van der Waals surface area contributed by atoms with Crippen molar-refractivity contribution >= 4 is 44.6 Å². The van der Waals surface area contributed by atoms with E-state index in [4.69, 9.17) is 0 Å². The van der Waals surface area contributed by atoms with E-state index < -0.39 is 5.69 Å². The summed E-state index contributed by atoms with van der Waals surface area (Å²) in [5.74, 6) is -0.103. The molecule has 1 amide bonds. The lowest BCUT2D eigenvalue weighted by Gasteiger charge is -2.06. The molecule has 4 aromatic heterocycles. The number of carbonyl (C=O) groups is 1. The van der Waals surface area contributed by atoms with Crippen LogP contribution in [-0.2, 0) is 24.4 Å². The molecule has 10 heteroatoms. The summed E-state index contributed by atoms with van der Waals surface area (Å²) in [6.07, 6.45) is 0. The molecule has 5 aromatic rings. The van der Waals surface area contributed by atoms with E-state index in [2.05, 4.69) is 10.4 Å². The van der Waals surface area contributed by atoms with Crippen LogP contribution in [0, 0.1) is 0 Å². The maximum absolute atomic E-state index is 13.1. The van der Waals surface area contributed by atoms with Gasteiger partial charge in [-0.2, -0.15) is 0 Å². The van der Waals surface area contributed by atoms with Crippen molar-refractivity contribution < 1.29 is 4.79 Å². The first-order valence-electron chi connectivity index (χ1n) is 9.54. The number of benzene rings is 1. The van der Waals surface area contributed by atoms with Gasteiger partial charge in [0.1, 0.15) is 11.2 Å². The number of thiophene rings is 2. The number of hydrogen-bond donors (Lipinski definition) is 1. The van der Waals surface area contributed by atoms with E-state index in [0.29, 0.717) is 23.3 Å². The highest BCUT2D eigenvalue weighted by molar-refractivity contribution is 7.17. The Balaban J connectivity index is 1.53. The minimum atomic E-state index is -0.451. The Labute approximate surface area is 183 Å². The third-order valence-corrected chi connectivity index (χ3v) is 6.66. The molecule has 0 atom stereocenters. The van der Waals surface area contributed by atoms with E-state index in [0.717, 1.165) is 15.1 Å².